The molecule has 22 heavy (non-hydrogen) atoms. The SMILES string of the molecule is CCOc1ccccc1CCC(=O)NNC(=S)NC(C)(C)C. The van der Waals surface area contributed by atoms with E-state index in [1.165, 1.54) is 0 Å². The van der Waals surface area contributed by atoms with Gasteiger partial charge in [0.25, 0.3) is 0 Å². The van der Waals surface area contributed by atoms with Gasteiger partial charge in [0.2, 0.25) is 5.91 Å². The Kier molecular flexibility index (Phi) is 7.11. The number of hydrogen-bond acceptors (Lipinski definition) is 3. The third-order valence-corrected chi connectivity index (χ3v) is 2.90. The molecule has 122 valence electrons. The fraction of sp³-hybridized carbons (Fsp3) is 0.500. The number of carbonyl (C=O) groups excluding carboxylic acids is 1. The molecule has 0 saturated carbocycles. The number of benzene rings is 1. The summed E-state index contributed by atoms with van der Waals surface area (Å²) < 4.78 is 5.54. The van der Waals surface area contributed by atoms with Crippen LogP contribution in [0.2, 0.25) is 0 Å². The second kappa shape index (κ2) is 8.58. The van der Waals surface area contributed by atoms with Crippen LogP contribution in [0, 0.1) is 0 Å². The van der Waals surface area contributed by atoms with E-state index >= 15 is 0 Å². The number of hydrazine groups is 1. The molecule has 0 aliphatic rings. The normalized spacial score (nSPS) is 10.7. The minimum Gasteiger partial charge on any atom is -0.494 e. The Morgan fingerprint density at radius 1 is 1.23 bits per heavy atom. The number of amides is 1. The summed E-state index contributed by atoms with van der Waals surface area (Å²) in [4.78, 5) is 11.9. The van der Waals surface area contributed by atoms with Gasteiger partial charge in [0.1, 0.15) is 5.75 Å². The van der Waals surface area contributed by atoms with E-state index in [0.29, 0.717) is 24.6 Å². The molecule has 1 aromatic rings. The van der Waals surface area contributed by atoms with Crippen LogP contribution in [0.3, 0.4) is 0 Å². The average molecular weight is 323 g/mol. The summed E-state index contributed by atoms with van der Waals surface area (Å²) in [7, 11) is 0. The van der Waals surface area contributed by atoms with Gasteiger partial charge in [-0.1, -0.05) is 18.2 Å². The lowest BCUT2D eigenvalue weighted by Crippen LogP contribution is -2.52. The molecule has 0 aliphatic heterocycles. The first-order valence-electron chi connectivity index (χ1n) is 7.39. The van der Waals surface area contributed by atoms with Crippen LogP contribution in [0.15, 0.2) is 24.3 Å². The number of aryl methyl sites for hydroxylation is 1. The number of thiocarbonyl (C=S) groups is 1. The van der Waals surface area contributed by atoms with E-state index in [-0.39, 0.29) is 11.4 Å². The number of hydrogen-bond donors (Lipinski definition) is 3. The summed E-state index contributed by atoms with van der Waals surface area (Å²) in [6.45, 7) is 8.53. The van der Waals surface area contributed by atoms with Crippen LogP contribution in [0.5, 0.6) is 5.75 Å². The number of nitrogens with one attached hydrogen (secondary N) is 3. The summed E-state index contributed by atoms with van der Waals surface area (Å²) in [5.41, 5.74) is 6.17. The van der Waals surface area contributed by atoms with Gasteiger partial charge < -0.3 is 10.1 Å². The first kappa shape index (κ1) is 18.2. The molecule has 0 aliphatic carbocycles. The minimum absolute atomic E-state index is 0.121. The molecule has 1 amide bonds. The van der Waals surface area contributed by atoms with Gasteiger partial charge in [-0.3, -0.25) is 15.6 Å². The smallest absolute Gasteiger partial charge is 0.238 e. The fourth-order valence-corrected chi connectivity index (χ4v) is 2.17. The van der Waals surface area contributed by atoms with Crippen molar-refractivity contribution in [1.82, 2.24) is 16.2 Å². The molecule has 0 heterocycles. The lowest BCUT2D eigenvalue weighted by Gasteiger charge is -2.23. The summed E-state index contributed by atoms with van der Waals surface area (Å²) in [5, 5.41) is 3.46. The van der Waals surface area contributed by atoms with Crippen molar-refractivity contribution < 1.29 is 9.53 Å². The van der Waals surface area contributed by atoms with Crippen molar-refractivity contribution in [3.63, 3.8) is 0 Å². The zero-order valence-corrected chi connectivity index (χ0v) is 14.5. The quantitative estimate of drug-likeness (QED) is 0.573. The maximum Gasteiger partial charge on any atom is 0.238 e. The third-order valence-electron chi connectivity index (χ3n) is 2.70. The van der Waals surface area contributed by atoms with E-state index in [9.17, 15) is 4.79 Å². The van der Waals surface area contributed by atoms with Gasteiger partial charge in [-0.25, -0.2) is 0 Å². The van der Waals surface area contributed by atoms with Crippen molar-refractivity contribution in [1.29, 1.82) is 0 Å². The van der Waals surface area contributed by atoms with Gasteiger partial charge in [-0.15, -0.1) is 0 Å². The molecule has 0 saturated heterocycles. The Bertz CT molecular complexity index is 512. The van der Waals surface area contributed by atoms with E-state index in [4.69, 9.17) is 17.0 Å². The van der Waals surface area contributed by atoms with Crippen molar-refractivity contribution in [2.75, 3.05) is 6.61 Å². The van der Waals surface area contributed by atoms with E-state index in [0.717, 1.165) is 11.3 Å². The molecule has 0 unspecified atom stereocenters. The van der Waals surface area contributed by atoms with E-state index in [2.05, 4.69) is 16.2 Å². The van der Waals surface area contributed by atoms with Crippen LogP contribution in [-0.2, 0) is 11.2 Å². The highest BCUT2D eigenvalue weighted by atomic mass is 32.1. The number of carbonyl (C=O) groups is 1. The maximum absolute atomic E-state index is 11.9. The Labute approximate surface area is 137 Å². The van der Waals surface area contributed by atoms with Gasteiger partial charge in [0, 0.05) is 12.0 Å². The van der Waals surface area contributed by atoms with E-state index < -0.39 is 0 Å². The van der Waals surface area contributed by atoms with Crippen molar-refractivity contribution in [3.05, 3.63) is 29.8 Å². The summed E-state index contributed by atoms with van der Waals surface area (Å²) in [6.07, 6.45) is 0.971. The Hall–Kier alpha value is -1.82. The molecule has 0 spiro atoms. The number of rotatable bonds is 5. The molecule has 5 nitrogen and oxygen atoms in total. The summed E-state index contributed by atoms with van der Waals surface area (Å²) in [5.74, 6) is 0.708. The highest BCUT2D eigenvalue weighted by Gasteiger charge is 2.11. The number of para-hydroxylation sites is 1. The molecule has 1 aromatic carbocycles. The van der Waals surface area contributed by atoms with Crippen LogP contribution in [0.4, 0.5) is 0 Å². The Balaban J connectivity index is 2.39. The molecule has 0 fully saturated rings. The van der Waals surface area contributed by atoms with E-state index in [1.54, 1.807) is 0 Å². The molecule has 0 aromatic heterocycles. The Morgan fingerprint density at radius 2 is 1.91 bits per heavy atom. The monoisotopic (exact) mass is 323 g/mol. The summed E-state index contributed by atoms with van der Waals surface area (Å²) >= 11 is 5.10. The molecule has 3 N–H and O–H groups in total. The van der Waals surface area contributed by atoms with Crippen molar-refractivity contribution in [2.24, 2.45) is 0 Å². The zero-order valence-electron chi connectivity index (χ0n) is 13.7. The van der Waals surface area contributed by atoms with Crippen molar-refractivity contribution in [2.45, 2.75) is 46.1 Å². The van der Waals surface area contributed by atoms with E-state index in [1.807, 2.05) is 52.0 Å². The highest BCUT2D eigenvalue weighted by Crippen LogP contribution is 2.19. The molecular formula is C16H25N3O2S. The largest absolute Gasteiger partial charge is 0.494 e. The lowest BCUT2D eigenvalue weighted by molar-refractivity contribution is -0.121. The van der Waals surface area contributed by atoms with Gasteiger partial charge in [-0.05, 0) is 58.0 Å². The molecule has 1 rings (SSSR count). The van der Waals surface area contributed by atoms with Crippen LogP contribution in [0.25, 0.3) is 0 Å². The average Bonchev–Trinajstić information content (AvgIpc) is 2.43. The standard InChI is InChI=1S/C16H25N3O2S/c1-5-21-13-9-7-6-8-12(13)10-11-14(20)18-19-15(22)17-16(2,3)4/h6-9H,5,10-11H2,1-4H3,(H,18,20)(H2,17,19,22). The van der Waals surface area contributed by atoms with Crippen molar-refractivity contribution >= 4 is 23.2 Å². The molecular weight excluding hydrogens is 298 g/mol. The van der Waals surface area contributed by atoms with Crippen LogP contribution >= 0.6 is 12.2 Å². The second-order valence-corrected chi connectivity index (χ2v) is 6.33. The van der Waals surface area contributed by atoms with Gasteiger partial charge in [-0.2, -0.15) is 0 Å². The highest BCUT2D eigenvalue weighted by molar-refractivity contribution is 7.80. The first-order chi connectivity index (χ1) is 10.3. The predicted octanol–water partition coefficient (Wildman–Crippen LogP) is 2.31. The second-order valence-electron chi connectivity index (χ2n) is 5.92. The topological polar surface area (TPSA) is 62.4 Å². The predicted molar refractivity (Wildman–Crippen MR) is 92.7 cm³/mol. The van der Waals surface area contributed by atoms with Crippen molar-refractivity contribution in [3.8, 4) is 5.75 Å². The zero-order chi connectivity index (χ0) is 16.6. The van der Waals surface area contributed by atoms with Crippen LogP contribution < -0.4 is 20.9 Å². The molecule has 6 heteroatoms. The summed E-state index contributed by atoms with van der Waals surface area (Å²) in [6, 6.07) is 7.75. The van der Waals surface area contributed by atoms with Crippen LogP contribution in [0.1, 0.15) is 39.7 Å². The molecule has 0 radical (unpaired) electrons. The first-order valence-corrected chi connectivity index (χ1v) is 7.80. The maximum atomic E-state index is 11.9. The Morgan fingerprint density at radius 3 is 2.55 bits per heavy atom. The van der Waals surface area contributed by atoms with Gasteiger partial charge in [0.05, 0.1) is 6.61 Å². The fourth-order valence-electron chi connectivity index (χ4n) is 1.82. The van der Waals surface area contributed by atoms with Gasteiger partial charge >= 0.3 is 0 Å². The third kappa shape index (κ3) is 7.26. The number of ether oxygens (including phenoxy) is 1. The van der Waals surface area contributed by atoms with Gasteiger partial charge in [0.15, 0.2) is 5.11 Å². The minimum atomic E-state index is -0.148. The lowest BCUT2D eigenvalue weighted by atomic mass is 10.1. The van der Waals surface area contributed by atoms with Crippen LogP contribution in [-0.4, -0.2) is 23.2 Å². The molecule has 0 bridgehead atoms. The molecule has 0 atom stereocenters.